The van der Waals surface area contributed by atoms with E-state index in [0.717, 1.165) is 18.4 Å². The molecule has 1 aliphatic carbocycles. The second kappa shape index (κ2) is 4.54. The van der Waals surface area contributed by atoms with E-state index in [-0.39, 0.29) is 17.7 Å². The van der Waals surface area contributed by atoms with Crippen LogP contribution in [0, 0.1) is 0 Å². The molecule has 2 aliphatic heterocycles. The molecule has 5 rings (SSSR count). The minimum atomic E-state index is -0.307. The molecular formula is C19H14N2O3. The van der Waals surface area contributed by atoms with E-state index in [1.165, 1.54) is 4.90 Å². The van der Waals surface area contributed by atoms with Gasteiger partial charge in [0.15, 0.2) is 0 Å². The van der Waals surface area contributed by atoms with Gasteiger partial charge in [-0.1, -0.05) is 12.1 Å². The molecule has 118 valence electrons. The molecule has 1 fully saturated rings. The third kappa shape index (κ3) is 1.72. The number of benzene rings is 2. The van der Waals surface area contributed by atoms with E-state index in [9.17, 15) is 14.4 Å². The van der Waals surface area contributed by atoms with Gasteiger partial charge in [-0.05, 0) is 48.7 Å². The monoisotopic (exact) mass is 318 g/mol. The van der Waals surface area contributed by atoms with Gasteiger partial charge >= 0.3 is 0 Å². The zero-order valence-electron chi connectivity index (χ0n) is 12.9. The number of hydrogen-bond acceptors (Lipinski definition) is 3. The summed E-state index contributed by atoms with van der Waals surface area (Å²) >= 11 is 0. The molecule has 0 N–H and O–H groups in total. The largest absolute Gasteiger partial charge is 0.331 e. The van der Waals surface area contributed by atoms with Crippen molar-refractivity contribution < 1.29 is 14.4 Å². The highest BCUT2D eigenvalue weighted by atomic mass is 16.2. The van der Waals surface area contributed by atoms with Gasteiger partial charge in [0.05, 0.1) is 16.8 Å². The Kier molecular flexibility index (Phi) is 2.55. The minimum Gasteiger partial charge on any atom is -0.331 e. The van der Waals surface area contributed by atoms with Crippen molar-refractivity contribution in [2.24, 2.45) is 0 Å². The predicted octanol–water partition coefficient (Wildman–Crippen LogP) is 2.61. The molecule has 2 aromatic carbocycles. The lowest BCUT2D eigenvalue weighted by Crippen LogP contribution is -2.29. The Hall–Kier alpha value is -2.95. The average molecular weight is 318 g/mol. The van der Waals surface area contributed by atoms with Crippen molar-refractivity contribution in [3.63, 3.8) is 0 Å². The van der Waals surface area contributed by atoms with E-state index in [1.807, 2.05) is 4.90 Å². The summed E-state index contributed by atoms with van der Waals surface area (Å²) in [7, 11) is 0. The summed E-state index contributed by atoms with van der Waals surface area (Å²) in [4.78, 5) is 40.7. The molecule has 0 saturated heterocycles. The van der Waals surface area contributed by atoms with Crippen LogP contribution >= 0.6 is 0 Å². The first kappa shape index (κ1) is 13.5. The molecule has 0 unspecified atom stereocenters. The van der Waals surface area contributed by atoms with Crippen molar-refractivity contribution in [2.45, 2.75) is 25.4 Å². The standard InChI is InChI=1S/C19H14N2O3/c22-17-14-8-7-13(9-11(14)10-20(17)12-5-6-12)21-18(23)15-3-1-2-4-16(15)19(21)24/h1-4,7-9,12H,5-6,10H2. The fourth-order valence-corrected chi connectivity index (χ4v) is 3.57. The first-order chi connectivity index (χ1) is 11.6. The summed E-state index contributed by atoms with van der Waals surface area (Å²) in [5.41, 5.74) is 2.96. The molecule has 0 spiro atoms. The van der Waals surface area contributed by atoms with Crippen LogP contribution in [0.1, 0.15) is 49.5 Å². The highest BCUT2D eigenvalue weighted by molar-refractivity contribution is 6.34. The molecule has 0 aromatic heterocycles. The normalized spacial score (nSPS) is 19.1. The van der Waals surface area contributed by atoms with Gasteiger partial charge in [-0.25, -0.2) is 4.90 Å². The Bertz CT molecular complexity index is 895. The number of anilines is 1. The lowest BCUT2D eigenvalue weighted by Gasteiger charge is -2.15. The summed E-state index contributed by atoms with van der Waals surface area (Å²) in [5.74, 6) is -0.556. The number of imide groups is 1. The van der Waals surface area contributed by atoms with Crippen LogP contribution < -0.4 is 4.90 Å². The summed E-state index contributed by atoms with van der Waals surface area (Å²) in [5, 5.41) is 0. The molecule has 3 aliphatic rings. The maximum absolute atomic E-state index is 12.6. The predicted molar refractivity (Wildman–Crippen MR) is 86.9 cm³/mol. The maximum atomic E-state index is 12.6. The Morgan fingerprint density at radius 2 is 1.46 bits per heavy atom. The summed E-state index contributed by atoms with van der Waals surface area (Å²) < 4.78 is 0. The number of amides is 3. The molecule has 2 aromatic rings. The van der Waals surface area contributed by atoms with Crippen molar-refractivity contribution in [1.29, 1.82) is 0 Å². The minimum absolute atomic E-state index is 0.0569. The van der Waals surface area contributed by atoms with Gasteiger partial charge in [-0.15, -0.1) is 0 Å². The number of hydrogen-bond donors (Lipinski definition) is 0. The topological polar surface area (TPSA) is 57.7 Å². The van der Waals surface area contributed by atoms with Gasteiger partial charge in [0.25, 0.3) is 17.7 Å². The van der Waals surface area contributed by atoms with E-state index >= 15 is 0 Å². The van der Waals surface area contributed by atoms with Crippen LogP contribution in [0.2, 0.25) is 0 Å². The van der Waals surface area contributed by atoms with Crippen molar-refractivity contribution in [3.8, 4) is 0 Å². The number of carbonyl (C=O) groups excluding carboxylic acids is 3. The lowest BCUT2D eigenvalue weighted by atomic mass is 10.1. The first-order valence-corrected chi connectivity index (χ1v) is 8.07. The number of nitrogens with zero attached hydrogens (tertiary/aromatic N) is 2. The molecule has 5 heteroatoms. The van der Waals surface area contributed by atoms with E-state index in [1.54, 1.807) is 42.5 Å². The molecule has 0 bridgehead atoms. The van der Waals surface area contributed by atoms with E-state index in [2.05, 4.69) is 0 Å². The van der Waals surface area contributed by atoms with Gasteiger partial charge < -0.3 is 4.90 Å². The summed E-state index contributed by atoms with van der Waals surface area (Å²) in [6, 6.07) is 12.4. The zero-order chi connectivity index (χ0) is 16.4. The third-order valence-corrected chi connectivity index (χ3v) is 4.96. The van der Waals surface area contributed by atoms with Crippen LogP contribution in [0.3, 0.4) is 0 Å². The van der Waals surface area contributed by atoms with Crippen molar-refractivity contribution in [3.05, 3.63) is 64.7 Å². The molecule has 3 amide bonds. The fraction of sp³-hybridized carbons (Fsp3) is 0.211. The lowest BCUT2D eigenvalue weighted by molar-refractivity contribution is 0.0766. The van der Waals surface area contributed by atoms with Gasteiger partial charge in [-0.2, -0.15) is 0 Å². The van der Waals surface area contributed by atoms with Crippen LogP contribution in [-0.2, 0) is 6.54 Å². The van der Waals surface area contributed by atoms with Gasteiger partial charge in [0.1, 0.15) is 0 Å². The molecule has 2 heterocycles. The molecule has 0 radical (unpaired) electrons. The number of fused-ring (bicyclic) bond motifs is 2. The zero-order valence-corrected chi connectivity index (χ0v) is 12.9. The Labute approximate surface area is 138 Å². The van der Waals surface area contributed by atoms with Gasteiger partial charge in [0.2, 0.25) is 0 Å². The molecule has 1 saturated carbocycles. The van der Waals surface area contributed by atoms with Gasteiger partial charge in [-0.3, -0.25) is 14.4 Å². The van der Waals surface area contributed by atoms with Crippen LogP contribution in [0.4, 0.5) is 5.69 Å². The third-order valence-electron chi connectivity index (χ3n) is 4.96. The maximum Gasteiger partial charge on any atom is 0.266 e. The second-order valence-corrected chi connectivity index (χ2v) is 6.50. The molecule has 5 nitrogen and oxygen atoms in total. The highest BCUT2D eigenvalue weighted by Gasteiger charge is 2.40. The van der Waals surface area contributed by atoms with Gasteiger partial charge in [0, 0.05) is 18.2 Å². The van der Waals surface area contributed by atoms with E-state index in [0.29, 0.717) is 35.0 Å². The van der Waals surface area contributed by atoms with Crippen LogP contribution in [0.25, 0.3) is 0 Å². The number of rotatable bonds is 2. The van der Waals surface area contributed by atoms with E-state index in [4.69, 9.17) is 0 Å². The first-order valence-electron chi connectivity index (χ1n) is 8.07. The highest BCUT2D eigenvalue weighted by Crippen LogP contribution is 2.37. The second-order valence-electron chi connectivity index (χ2n) is 6.50. The van der Waals surface area contributed by atoms with Crippen molar-refractivity contribution >= 4 is 23.4 Å². The molecular weight excluding hydrogens is 304 g/mol. The van der Waals surface area contributed by atoms with E-state index < -0.39 is 0 Å². The van der Waals surface area contributed by atoms with Crippen molar-refractivity contribution in [2.75, 3.05) is 4.90 Å². The quantitative estimate of drug-likeness (QED) is 0.800. The average Bonchev–Trinajstić information content (AvgIpc) is 3.34. The summed E-state index contributed by atoms with van der Waals surface area (Å²) in [6.45, 7) is 0.565. The van der Waals surface area contributed by atoms with Crippen LogP contribution in [0.15, 0.2) is 42.5 Å². The van der Waals surface area contributed by atoms with Crippen molar-refractivity contribution in [1.82, 2.24) is 4.90 Å². The molecule has 24 heavy (non-hydrogen) atoms. The smallest absolute Gasteiger partial charge is 0.266 e. The van der Waals surface area contributed by atoms with Crippen LogP contribution in [-0.4, -0.2) is 28.7 Å². The summed E-state index contributed by atoms with van der Waals surface area (Å²) in [6.07, 6.45) is 2.12. The SMILES string of the molecule is O=C1c2ccccc2C(=O)N1c1ccc2c(c1)CN(C1CC1)C2=O. The molecule has 0 atom stereocenters. The Morgan fingerprint density at radius 1 is 0.792 bits per heavy atom. The fourth-order valence-electron chi connectivity index (χ4n) is 3.57. The van der Waals surface area contributed by atoms with Crippen LogP contribution in [0.5, 0.6) is 0 Å². The Balaban J connectivity index is 1.54. The Morgan fingerprint density at radius 3 is 2.08 bits per heavy atom. The number of carbonyl (C=O) groups is 3.